The Morgan fingerprint density at radius 2 is 2.06 bits per heavy atom. The third kappa shape index (κ3) is 3.19. The van der Waals surface area contributed by atoms with Gasteiger partial charge in [-0.2, -0.15) is 0 Å². The predicted octanol–water partition coefficient (Wildman–Crippen LogP) is 2.99. The number of aliphatic hydroxyl groups excluding tert-OH is 1. The van der Waals surface area contributed by atoms with E-state index in [1.54, 1.807) is 18.3 Å². The molecular formula is C12H22N2OS. The van der Waals surface area contributed by atoms with Gasteiger partial charge in [0.05, 0.1) is 16.7 Å². The monoisotopic (exact) mass is 242 g/mol. The third-order valence-corrected chi connectivity index (χ3v) is 4.25. The van der Waals surface area contributed by atoms with Crippen LogP contribution in [0.2, 0.25) is 0 Å². The van der Waals surface area contributed by atoms with Crippen molar-refractivity contribution in [1.29, 1.82) is 0 Å². The van der Waals surface area contributed by atoms with Crippen molar-refractivity contribution in [1.82, 2.24) is 4.98 Å². The maximum Gasteiger partial charge on any atom is 0.185 e. The summed E-state index contributed by atoms with van der Waals surface area (Å²) in [6, 6.07) is 0. The number of aromatic nitrogens is 1. The second kappa shape index (κ2) is 5.64. The minimum absolute atomic E-state index is 0.414. The van der Waals surface area contributed by atoms with Gasteiger partial charge in [0.25, 0.3) is 0 Å². The van der Waals surface area contributed by atoms with Crippen molar-refractivity contribution in [2.75, 3.05) is 18.5 Å². The Labute approximate surface area is 102 Å². The lowest BCUT2D eigenvalue weighted by atomic mass is 10.1. The van der Waals surface area contributed by atoms with Crippen molar-refractivity contribution in [2.24, 2.45) is 5.92 Å². The Kier molecular flexibility index (Phi) is 4.74. The number of aliphatic hydroxyl groups is 1. The first kappa shape index (κ1) is 13.5. The van der Waals surface area contributed by atoms with Crippen LogP contribution in [0.4, 0.5) is 5.13 Å². The summed E-state index contributed by atoms with van der Waals surface area (Å²) < 4.78 is 0. The largest absolute Gasteiger partial charge is 0.388 e. The van der Waals surface area contributed by atoms with E-state index in [-0.39, 0.29) is 0 Å². The van der Waals surface area contributed by atoms with Gasteiger partial charge in [0, 0.05) is 13.6 Å². The molecule has 0 radical (unpaired) electrons. The lowest BCUT2D eigenvalue weighted by molar-refractivity contribution is 0.202. The molecule has 3 nitrogen and oxygen atoms in total. The first-order valence-electron chi connectivity index (χ1n) is 5.82. The molecule has 1 heterocycles. The van der Waals surface area contributed by atoms with Crippen LogP contribution >= 0.6 is 11.3 Å². The molecule has 1 aromatic heterocycles. The van der Waals surface area contributed by atoms with Crippen LogP contribution in [-0.2, 0) is 0 Å². The van der Waals surface area contributed by atoms with Gasteiger partial charge in [0.2, 0.25) is 0 Å². The van der Waals surface area contributed by atoms with Crippen LogP contribution in [0.3, 0.4) is 0 Å². The molecule has 4 heteroatoms. The Morgan fingerprint density at radius 3 is 2.50 bits per heavy atom. The molecule has 1 N–H and O–H groups in total. The summed E-state index contributed by atoms with van der Waals surface area (Å²) in [5.41, 5.74) is 0.950. The van der Waals surface area contributed by atoms with Crippen molar-refractivity contribution in [3.05, 3.63) is 10.6 Å². The van der Waals surface area contributed by atoms with E-state index in [2.05, 4.69) is 30.8 Å². The second-order valence-electron chi connectivity index (χ2n) is 4.52. The van der Waals surface area contributed by atoms with Crippen molar-refractivity contribution < 1.29 is 5.11 Å². The van der Waals surface area contributed by atoms with Crippen molar-refractivity contribution in [3.8, 4) is 0 Å². The summed E-state index contributed by atoms with van der Waals surface area (Å²) in [7, 11) is 2.07. The molecule has 0 spiro atoms. The summed E-state index contributed by atoms with van der Waals surface area (Å²) in [4.78, 5) is 7.66. The average molecular weight is 242 g/mol. The predicted molar refractivity (Wildman–Crippen MR) is 70.2 cm³/mol. The zero-order valence-corrected chi connectivity index (χ0v) is 11.6. The van der Waals surface area contributed by atoms with Crippen LogP contribution in [0.1, 0.15) is 43.9 Å². The van der Waals surface area contributed by atoms with Crippen LogP contribution in [0.15, 0.2) is 0 Å². The maximum absolute atomic E-state index is 9.58. The Bertz CT molecular complexity index is 336. The zero-order valence-electron chi connectivity index (χ0n) is 10.8. The Balaban J connectivity index is 2.76. The van der Waals surface area contributed by atoms with Crippen LogP contribution in [0.25, 0.3) is 0 Å². The molecule has 0 saturated carbocycles. The molecule has 2 unspecified atom stereocenters. The minimum Gasteiger partial charge on any atom is -0.388 e. The zero-order chi connectivity index (χ0) is 12.3. The molecule has 0 saturated heterocycles. The van der Waals surface area contributed by atoms with Gasteiger partial charge in [0.15, 0.2) is 5.13 Å². The highest BCUT2D eigenvalue weighted by Gasteiger charge is 2.15. The lowest BCUT2D eigenvalue weighted by Crippen LogP contribution is -2.23. The molecule has 0 bridgehead atoms. The van der Waals surface area contributed by atoms with E-state index in [9.17, 15) is 5.11 Å². The first-order chi connectivity index (χ1) is 7.45. The molecule has 92 valence electrons. The van der Waals surface area contributed by atoms with Gasteiger partial charge in [-0.25, -0.2) is 4.98 Å². The number of rotatable bonds is 5. The minimum atomic E-state index is -0.414. The molecule has 0 aromatic carbocycles. The molecule has 0 aliphatic heterocycles. The van der Waals surface area contributed by atoms with Crippen molar-refractivity contribution in [2.45, 2.75) is 40.2 Å². The highest BCUT2D eigenvalue weighted by Crippen LogP contribution is 2.30. The summed E-state index contributed by atoms with van der Waals surface area (Å²) in [5, 5.41) is 10.6. The normalized spacial score (nSPS) is 14.9. The van der Waals surface area contributed by atoms with E-state index in [1.807, 2.05) is 6.92 Å². The van der Waals surface area contributed by atoms with Crippen molar-refractivity contribution >= 4 is 16.5 Å². The fraction of sp³-hybridized carbons (Fsp3) is 0.750. The van der Waals surface area contributed by atoms with Crippen LogP contribution in [0.5, 0.6) is 0 Å². The standard InChI is InChI=1S/C12H22N2OS/c1-6-8(2)7-14(5)12-13-9(3)11(16-12)10(4)15/h8,10,15H,6-7H2,1-5H3. The number of hydrogen-bond acceptors (Lipinski definition) is 4. The van der Waals surface area contributed by atoms with E-state index in [0.29, 0.717) is 5.92 Å². The van der Waals surface area contributed by atoms with Gasteiger partial charge in [-0.1, -0.05) is 31.6 Å². The maximum atomic E-state index is 9.58. The number of thiazole rings is 1. The van der Waals surface area contributed by atoms with Gasteiger partial charge in [-0.05, 0) is 19.8 Å². The number of nitrogens with zero attached hydrogens (tertiary/aromatic N) is 2. The van der Waals surface area contributed by atoms with Crippen molar-refractivity contribution in [3.63, 3.8) is 0 Å². The van der Waals surface area contributed by atoms with Crippen LogP contribution in [0, 0.1) is 12.8 Å². The van der Waals surface area contributed by atoms with E-state index < -0.39 is 6.10 Å². The smallest absolute Gasteiger partial charge is 0.185 e. The van der Waals surface area contributed by atoms with E-state index in [4.69, 9.17) is 0 Å². The summed E-state index contributed by atoms with van der Waals surface area (Å²) in [6.07, 6.45) is 0.765. The van der Waals surface area contributed by atoms with Gasteiger partial charge < -0.3 is 10.0 Å². The molecule has 16 heavy (non-hydrogen) atoms. The lowest BCUT2D eigenvalue weighted by Gasteiger charge is -2.19. The highest BCUT2D eigenvalue weighted by atomic mass is 32.1. The summed E-state index contributed by atoms with van der Waals surface area (Å²) in [6.45, 7) is 9.21. The third-order valence-electron chi connectivity index (χ3n) is 2.81. The van der Waals surface area contributed by atoms with Crippen LogP contribution in [-0.4, -0.2) is 23.7 Å². The average Bonchev–Trinajstić information content (AvgIpc) is 2.60. The SMILES string of the molecule is CCC(C)CN(C)c1nc(C)c(C(C)O)s1. The molecule has 0 amide bonds. The highest BCUT2D eigenvalue weighted by molar-refractivity contribution is 7.15. The molecular weight excluding hydrogens is 220 g/mol. The quantitative estimate of drug-likeness (QED) is 0.862. The molecule has 1 rings (SSSR count). The van der Waals surface area contributed by atoms with E-state index in [1.165, 1.54) is 6.42 Å². The van der Waals surface area contributed by atoms with E-state index in [0.717, 1.165) is 22.2 Å². The van der Waals surface area contributed by atoms with E-state index >= 15 is 0 Å². The number of hydrogen-bond donors (Lipinski definition) is 1. The van der Waals surface area contributed by atoms with Gasteiger partial charge in [-0.3, -0.25) is 0 Å². The molecule has 0 aliphatic rings. The summed E-state index contributed by atoms with van der Waals surface area (Å²) >= 11 is 1.59. The Morgan fingerprint density at radius 1 is 1.44 bits per heavy atom. The van der Waals surface area contributed by atoms with Gasteiger partial charge in [0.1, 0.15) is 0 Å². The number of anilines is 1. The molecule has 0 fully saturated rings. The topological polar surface area (TPSA) is 36.4 Å². The van der Waals surface area contributed by atoms with Gasteiger partial charge in [-0.15, -0.1) is 0 Å². The second-order valence-corrected chi connectivity index (χ2v) is 5.53. The Hall–Kier alpha value is -0.610. The molecule has 1 aromatic rings. The van der Waals surface area contributed by atoms with Gasteiger partial charge >= 0.3 is 0 Å². The summed E-state index contributed by atoms with van der Waals surface area (Å²) in [5.74, 6) is 0.671. The molecule has 2 atom stereocenters. The van der Waals surface area contributed by atoms with Crippen LogP contribution < -0.4 is 4.90 Å². The number of aryl methyl sites for hydroxylation is 1. The fourth-order valence-corrected chi connectivity index (χ4v) is 2.59. The first-order valence-corrected chi connectivity index (χ1v) is 6.63. The fourth-order valence-electron chi connectivity index (χ4n) is 1.62. The molecule has 0 aliphatic carbocycles.